The predicted molar refractivity (Wildman–Crippen MR) is 258 cm³/mol. The summed E-state index contributed by atoms with van der Waals surface area (Å²) < 4.78 is 2.89. The summed E-state index contributed by atoms with van der Waals surface area (Å²) in [5, 5.41) is 54.2. The number of nitrogens with zero attached hydrogens (tertiary/aromatic N) is 6. The molecule has 0 aliphatic rings. The van der Waals surface area contributed by atoms with Crippen LogP contribution in [0, 0.1) is 0 Å². The van der Waals surface area contributed by atoms with Gasteiger partial charge in [-0.1, -0.05) is 146 Å². The van der Waals surface area contributed by atoms with E-state index in [0.717, 1.165) is 32.7 Å². The first-order valence-corrected chi connectivity index (χ1v) is 20.7. The molecule has 0 saturated carbocycles. The summed E-state index contributed by atoms with van der Waals surface area (Å²) in [6.07, 6.45) is 2.95. The first-order valence-electron chi connectivity index (χ1n) is 20.7. The van der Waals surface area contributed by atoms with Crippen molar-refractivity contribution in [2.24, 2.45) is 9.98 Å². The minimum absolute atomic E-state index is 0. The third-order valence-corrected chi connectivity index (χ3v) is 10.7. The Morgan fingerprint density at radius 3 is 1.06 bits per heavy atom. The largest absolute Gasteiger partial charge is 0.493 e. The van der Waals surface area contributed by atoms with E-state index < -0.39 is 11.9 Å². The molecule has 12 nitrogen and oxygen atoms in total. The van der Waals surface area contributed by atoms with Crippen molar-refractivity contribution < 1.29 is 47.4 Å². The first-order chi connectivity index (χ1) is 32.2. The van der Waals surface area contributed by atoms with Crippen LogP contribution in [0.3, 0.4) is 0 Å². The number of carboxylic acid groups (broad SMARTS) is 2. The molecule has 0 atom stereocenters. The smallest absolute Gasteiger partial charge is 0.337 e. The van der Waals surface area contributed by atoms with Crippen molar-refractivity contribution in [1.29, 1.82) is 0 Å². The van der Waals surface area contributed by atoms with Crippen LogP contribution in [-0.4, -0.2) is 64.4 Å². The van der Waals surface area contributed by atoms with Gasteiger partial charge >= 0.3 is 11.9 Å². The molecule has 0 radical (unpaired) electrons. The van der Waals surface area contributed by atoms with Crippen LogP contribution >= 0.6 is 0 Å². The van der Waals surface area contributed by atoms with E-state index in [1.54, 1.807) is 24.3 Å². The molecular formula is C54H38CrN6O6. The molecule has 326 valence electrons. The average molecular weight is 919 g/mol. The molecule has 0 fully saturated rings. The van der Waals surface area contributed by atoms with Crippen LogP contribution < -0.4 is 0 Å². The molecule has 10 rings (SSSR count). The van der Waals surface area contributed by atoms with Crippen molar-refractivity contribution >= 4 is 57.3 Å². The third-order valence-electron chi connectivity index (χ3n) is 10.7. The molecule has 8 aromatic carbocycles. The van der Waals surface area contributed by atoms with Crippen molar-refractivity contribution in [3.05, 3.63) is 216 Å². The van der Waals surface area contributed by atoms with Crippen molar-refractivity contribution in [3.63, 3.8) is 0 Å². The Bertz CT molecular complexity index is 3220. The number of aromatic hydroxyl groups is 2. The number of aliphatic imine (C=N–C) groups is 2. The number of aromatic nitrogens is 4. The number of carboxylic acids is 2. The molecule has 0 aliphatic heterocycles. The number of benzene rings is 8. The molecule has 13 heteroatoms. The van der Waals surface area contributed by atoms with Crippen LogP contribution in [0.5, 0.6) is 11.8 Å². The van der Waals surface area contributed by atoms with E-state index >= 15 is 0 Å². The van der Waals surface area contributed by atoms with E-state index in [9.17, 15) is 30.0 Å². The number of carbonyl (C=O) groups is 2. The van der Waals surface area contributed by atoms with Crippen LogP contribution in [0.15, 0.2) is 204 Å². The summed E-state index contributed by atoms with van der Waals surface area (Å²) in [5.41, 5.74) is 5.65. The second-order valence-corrected chi connectivity index (χ2v) is 15.0. The summed E-state index contributed by atoms with van der Waals surface area (Å²) in [7, 11) is 0. The minimum Gasteiger partial charge on any atom is -0.493 e. The summed E-state index contributed by atoms with van der Waals surface area (Å²) in [6, 6.07) is 59.2. The van der Waals surface area contributed by atoms with Crippen molar-refractivity contribution in [2.75, 3.05) is 0 Å². The fourth-order valence-electron chi connectivity index (χ4n) is 7.48. The van der Waals surface area contributed by atoms with E-state index in [1.807, 2.05) is 170 Å². The molecule has 4 N–H and O–H groups in total. The molecule has 0 aliphatic carbocycles. The maximum Gasteiger partial charge on any atom is 0.337 e. The molecule has 67 heavy (non-hydrogen) atoms. The van der Waals surface area contributed by atoms with E-state index in [2.05, 4.69) is 20.2 Å². The quantitative estimate of drug-likeness (QED) is 0.0980. The van der Waals surface area contributed by atoms with Gasteiger partial charge in [-0.3, -0.25) is 9.98 Å². The standard InChI is InChI=1S/2C27H19N3O3.Cr/c2*31-26-23(17-28-24-16-20-12-8-7-11-19(20)15-22(24)27(32)33)25(18-9-3-1-4-10-18)29-30(26)21-13-5-2-6-14-21;/h2*1-17,31H,(H,32,33);. The maximum absolute atomic E-state index is 11.9. The Morgan fingerprint density at radius 1 is 0.433 bits per heavy atom. The van der Waals surface area contributed by atoms with Crippen molar-refractivity contribution in [1.82, 2.24) is 19.6 Å². The number of hydrogen-bond donors (Lipinski definition) is 4. The van der Waals surface area contributed by atoms with Crippen LogP contribution in [0.1, 0.15) is 31.8 Å². The second kappa shape index (κ2) is 19.9. The minimum atomic E-state index is -1.07. The van der Waals surface area contributed by atoms with Crippen LogP contribution in [-0.2, 0) is 17.4 Å². The second-order valence-electron chi connectivity index (χ2n) is 15.0. The first kappa shape index (κ1) is 44.7. The van der Waals surface area contributed by atoms with Gasteiger partial charge in [0.15, 0.2) is 0 Å². The molecule has 0 saturated heterocycles. The third kappa shape index (κ3) is 9.50. The molecule has 10 aromatic rings. The van der Waals surface area contributed by atoms with Gasteiger partial charge in [-0.25, -0.2) is 19.0 Å². The van der Waals surface area contributed by atoms with Gasteiger partial charge in [-0.05, 0) is 70.1 Å². The van der Waals surface area contributed by atoms with Gasteiger partial charge < -0.3 is 20.4 Å². The van der Waals surface area contributed by atoms with E-state index in [4.69, 9.17) is 0 Å². The monoisotopic (exact) mass is 918 g/mol. The molecule has 2 aromatic heterocycles. The number of para-hydroxylation sites is 2. The predicted octanol–water partition coefficient (Wildman–Crippen LogP) is 11.7. The molecule has 0 unspecified atom stereocenters. The van der Waals surface area contributed by atoms with E-state index in [0.29, 0.717) is 45.3 Å². The number of fused-ring (bicyclic) bond motifs is 2. The Hall–Kier alpha value is -8.89. The topological polar surface area (TPSA) is 175 Å². The molecule has 0 spiro atoms. The number of hydrogen-bond acceptors (Lipinski definition) is 8. The Kier molecular flexibility index (Phi) is 13.3. The van der Waals surface area contributed by atoms with E-state index in [-0.39, 0.29) is 40.2 Å². The SMILES string of the molecule is O=C(O)c1cc2ccccc2cc1N=Cc1c(-c2ccccc2)nn(-c2ccccc2)c1O.O=C(O)c1cc2ccccc2cc1N=Cc1c(-c2ccccc2)nn(-c2ccccc2)c1O.[Cr]. The number of rotatable bonds is 10. The van der Waals surface area contributed by atoms with Gasteiger partial charge in [0.1, 0.15) is 11.4 Å². The fourth-order valence-corrected chi connectivity index (χ4v) is 7.48. The number of aromatic carboxylic acids is 2. The Morgan fingerprint density at radius 2 is 0.731 bits per heavy atom. The molecule has 0 bridgehead atoms. The van der Waals surface area contributed by atoms with Gasteiger partial charge in [0.2, 0.25) is 11.8 Å². The Balaban J connectivity index is 0.000000179. The van der Waals surface area contributed by atoms with Crippen LogP contribution in [0.2, 0.25) is 0 Å². The van der Waals surface area contributed by atoms with Crippen LogP contribution in [0.4, 0.5) is 11.4 Å². The zero-order valence-electron chi connectivity index (χ0n) is 35.3. The van der Waals surface area contributed by atoms with Crippen LogP contribution in [0.25, 0.3) is 55.4 Å². The van der Waals surface area contributed by atoms with Gasteiger partial charge in [0, 0.05) is 40.9 Å². The van der Waals surface area contributed by atoms with Gasteiger partial charge in [-0.15, -0.1) is 0 Å². The normalized spacial score (nSPS) is 11.1. The maximum atomic E-state index is 11.9. The summed E-state index contributed by atoms with van der Waals surface area (Å²) in [4.78, 5) is 32.7. The van der Waals surface area contributed by atoms with Gasteiger partial charge in [0.25, 0.3) is 0 Å². The zero-order valence-corrected chi connectivity index (χ0v) is 36.6. The van der Waals surface area contributed by atoms with Gasteiger partial charge in [0.05, 0.1) is 45.0 Å². The Labute approximate surface area is 394 Å². The summed E-state index contributed by atoms with van der Waals surface area (Å²) >= 11 is 0. The van der Waals surface area contributed by atoms with Crippen molar-refractivity contribution in [3.8, 4) is 45.6 Å². The molecule has 2 heterocycles. The van der Waals surface area contributed by atoms with E-state index in [1.165, 1.54) is 21.8 Å². The fraction of sp³-hybridized carbons (Fsp3) is 0. The van der Waals surface area contributed by atoms with Crippen molar-refractivity contribution in [2.45, 2.75) is 0 Å². The summed E-state index contributed by atoms with van der Waals surface area (Å²) in [5.74, 6) is -2.30. The molecule has 0 amide bonds. The zero-order chi connectivity index (χ0) is 45.6. The molecular weight excluding hydrogens is 881 g/mol. The van der Waals surface area contributed by atoms with Gasteiger partial charge in [-0.2, -0.15) is 10.2 Å². The average Bonchev–Trinajstić information content (AvgIpc) is 3.88. The summed E-state index contributed by atoms with van der Waals surface area (Å²) in [6.45, 7) is 0.